The van der Waals surface area contributed by atoms with Crippen molar-refractivity contribution < 1.29 is 27.2 Å². The van der Waals surface area contributed by atoms with E-state index in [0.717, 1.165) is 0 Å². The fraction of sp³-hybridized carbons (Fsp3) is 0.462. The lowest BCUT2D eigenvalue weighted by atomic mass is 9.99. The van der Waals surface area contributed by atoms with E-state index in [2.05, 4.69) is 9.47 Å². The standard InChI is InChI=1S/C13H17O6PS/c1-17-12(14)13(6-8-18-9-7-13)21(15,16)11-4-2-10(19-20)3-5-11/h2-5H,6-9,20H2,1H3. The van der Waals surface area contributed by atoms with Gasteiger partial charge in [0, 0.05) is 26.1 Å². The molecule has 116 valence electrons. The van der Waals surface area contributed by atoms with E-state index in [-0.39, 0.29) is 31.0 Å². The van der Waals surface area contributed by atoms with Gasteiger partial charge in [0.15, 0.2) is 14.6 Å². The number of rotatable bonds is 4. The fourth-order valence-corrected chi connectivity index (χ4v) is 4.50. The van der Waals surface area contributed by atoms with Crippen molar-refractivity contribution >= 4 is 25.3 Å². The Hall–Kier alpha value is -1.17. The van der Waals surface area contributed by atoms with E-state index in [1.54, 1.807) is 0 Å². The maximum Gasteiger partial charge on any atom is 0.327 e. The van der Waals surface area contributed by atoms with E-state index in [1.165, 1.54) is 31.4 Å². The smallest absolute Gasteiger partial charge is 0.327 e. The molecule has 1 aliphatic heterocycles. The van der Waals surface area contributed by atoms with Crippen LogP contribution in [0.2, 0.25) is 0 Å². The molecule has 21 heavy (non-hydrogen) atoms. The molecule has 0 bridgehead atoms. The van der Waals surface area contributed by atoms with Crippen LogP contribution in [0.1, 0.15) is 12.8 Å². The van der Waals surface area contributed by atoms with E-state index in [1.807, 2.05) is 0 Å². The molecule has 1 atom stereocenters. The lowest BCUT2D eigenvalue weighted by molar-refractivity contribution is -0.146. The Morgan fingerprint density at radius 1 is 1.24 bits per heavy atom. The number of esters is 1. The topological polar surface area (TPSA) is 78.9 Å². The quantitative estimate of drug-likeness (QED) is 0.612. The summed E-state index contributed by atoms with van der Waals surface area (Å²) in [5.74, 6) is -0.227. The molecule has 0 aliphatic carbocycles. The average molecular weight is 332 g/mol. The van der Waals surface area contributed by atoms with Gasteiger partial charge in [-0.1, -0.05) is 0 Å². The average Bonchev–Trinajstić information content (AvgIpc) is 2.54. The summed E-state index contributed by atoms with van der Waals surface area (Å²) < 4.78 is 39.1. The second-order valence-electron chi connectivity index (χ2n) is 4.69. The molecular formula is C13H17O6PS. The summed E-state index contributed by atoms with van der Waals surface area (Å²) in [6, 6.07) is 5.91. The summed E-state index contributed by atoms with van der Waals surface area (Å²) in [4.78, 5) is 12.2. The number of carbonyl (C=O) groups is 1. The molecule has 1 aliphatic rings. The number of ether oxygens (including phenoxy) is 2. The van der Waals surface area contributed by atoms with Gasteiger partial charge in [0.05, 0.1) is 21.5 Å². The molecule has 1 saturated heterocycles. The highest BCUT2D eigenvalue weighted by Gasteiger charge is 2.53. The summed E-state index contributed by atoms with van der Waals surface area (Å²) in [7, 11) is -0.599. The Morgan fingerprint density at radius 3 is 2.29 bits per heavy atom. The highest BCUT2D eigenvalue weighted by atomic mass is 32.2. The van der Waals surface area contributed by atoms with Crippen LogP contribution in [0.25, 0.3) is 0 Å². The Bertz CT molecular complexity index is 604. The second kappa shape index (κ2) is 6.30. The predicted molar refractivity (Wildman–Crippen MR) is 78.8 cm³/mol. The number of methoxy groups -OCH3 is 1. The lowest BCUT2D eigenvalue weighted by Gasteiger charge is -2.33. The zero-order chi connectivity index (χ0) is 15.5. The highest BCUT2D eigenvalue weighted by Crippen LogP contribution is 2.36. The summed E-state index contributed by atoms with van der Waals surface area (Å²) in [6.45, 7) is 0.419. The number of benzene rings is 1. The first-order chi connectivity index (χ1) is 9.98. The van der Waals surface area contributed by atoms with Gasteiger partial charge in [-0.25, -0.2) is 8.42 Å². The van der Waals surface area contributed by atoms with E-state index in [4.69, 9.17) is 14.0 Å². The van der Waals surface area contributed by atoms with Crippen LogP contribution in [-0.4, -0.2) is 39.5 Å². The summed E-state index contributed by atoms with van der Waals surface area (Å²) in [5.41, 5.74) is 0. The van der Waals surface area contributed by atoms with Crippen LogP contribution in [0.3, 0.4) is 0 Å². The van der Waals surface area contributed by atoms with Crippen molar-refractivity contribution in [2.24, 2.45) is 0 Å². The van der Waals surface area contributed by atoms with Crippen molar-refractivity contribution in [2.45, 2.75) is 22.5 Å². The van der Waals surface area contributed by atoms with E-state index in [0.29, 0.717) is 5.75 Å². The molecule has 0 aromatic heterocycles. The van der Waals surface area contributed by atoms with Gasteiger partial charge < -0.3 is 14.0 Å². The first-order valence-corrected chi connectivity index (χ1v) is 8.31. The number of carbonyl (C=O) groups excluding carboxylic acids is 1. The molecule has 8 heteroatoms. The Kier molecular flexibility index (Phi) is 4.86. The van der Waals surface area contributed by atoms with Gasteiger partial charge in [-0.05, 0) is 24.3 Å². The molecule has 1 aromatic carbocycles. The van der Waals surface area contributed by atoms with Crippen LogP contribution < -0.4 is 4.52 Å². The molecule has 0 amide bonds. The van der Waals surface area contributed by atoms with Crippen LogP contribution in [0.15, 0.2) is 29.2 Å². The zero-order valence-corrected chi connectivity index (χ0v) is 13.5. The number of sulfone groups is 1. The third-order valence-corrected chi connectivity index (χ3v) is 6.41. The van der Waals surface area contributed by atoms with Crippen LogP contribution in [-0.2, 0) is 24.1 Å². The third kappa shape index (κ3) is 2.78. The highest BCUT2D eigenvalue weighted by molar-refractivity contribution is 7.93. The van der Waals surface area contributed by atoms with E-state index in [9.17, 15) is 13.2 Å². The van der Waals surface area contributed by atoms with Gasteiger partial charge in [-0.3, -0.25) is 4.79 Å². The Balaban J connectivity index is 2.48. The van der Waals surface area contributed by atoms with Crippen LogP contribution >= 0.6 is 9.47 Å². The molecule has 0 radical (unpaired) electrons. The molecule has 0 spiro atoms. The van der Waals surface area contributed by atoms with E-state index >= 15 is 0 Å². The minimum atomic E-state index is -3.88. The van der Waals surface area contributed by atoms with Gasteiger partial charge in [-0.2, -0.15) is 0 Å². The van der Waals surface area contributed by atoms with Gasteiger partial charge >= 0.3 is 5.97 Å². The van der Waals surface area contributed by atoms with Crippen molar-refractivity contribution in [1.29, 1.82) is 0 Å². The first-order valence-electron chi connectivity index (χ1n) is 6.35. The minimum absolute atomic E-state index is 0.0700. The molecule has 0 saturated carbocycles. The molecule has 1 fully saturated rings. The Morgan fingerprint density at radius 2 is 1.81 bits per heavy atom. The number of hydrogen-bond donors (Lipinski definition) is 0. The van der Waals surface area contributed by atoms with Gasteiger partial charge in [-0.15, -0.1) is 0 Å². The van der Waals surface area contributed by atoms with Crippen LogP contribution in [0.5, 0.6) is 5.75 Å². The van der Waals surface area contributed by atoms with Crippen LogP contribution in [0.4, 0.5) is 0 Å². The second-order valence-corrected chi connectivity index (χ2v) is 7.19. The minimum Gasteiger partial charge on any atom is -0.480 e. The SMILES string of the molecule is COC(=O)C1(S(=O)(=O)c2ccc(OP)cc2)CCOCC1. The number of hydrogen-bond acceptors (Lipinski definition) is 6. The summed E-state index contributed by atoms with van der Waals surface area (Å²) in [5, 5.41) is 0. The van der Waals surface area contributed by atoms with Crippen molar-refractivity contribution in [3.63, 3.8) is 0 Å². The fourth-order valence-electron chi connectivity index (χ4n) is 2.39. The predicted octanol–water partition coefficient (Wildman–Crippen LogP) is 1.35. The first kappa shape index (κ1) is 16.2. The maximum atomic E-state index is 12.9. The van der Waals surface area contributed by atoms with Crippen molar-refractivity contribution in [1.82, 2.24) is 0 Å². The largest absolute Gasteiger partial charge is 0.480 e. The summed E-state index contributed by atoms with van der Waals surface area (Å²) >= 11 is 0. The van der Waals surface area contributed by atoms with Gasteiger partial charge in [0.25, 0.3) is 0 Å². The molecule has 1 aromatic rings. The lowest BCUT2D eigenvalue weighted by Crippen LogP contribution is -2.51. The zero-order valence-electron chi connectivity index (χ0n) is 11.6. The molecule has 1 heterocycles. The van der Waals surface area contributed by atoms with Gasteiger partial charge in [0.2, 0.25) is 0 Å². The summed E-state index contributed by atoms with van der Waals surface area (Å²) in [6.07, 6.45) is 0.174. The van der Waals surface area contributed by atoms with Crippen LogP contribution in [0, 0.1) is 0 Å². The normalized spacial score (nSPS) is 18.0. The van der Waals surface area contributed by atoms with Crippen molar-refractivity contribution in [3.05, 3.63) is 24.3 Å². The molecular weight excluding hydrogens is 315 g/mol. The van der Waals surface area contributed by atoms with Gasteiger partial charge in [0.1, 0.15) is 5.75 Å². The maximum absolute atomic E-state index is 12.9. The third-order valence-electron chi connectivity index (χ3n) is 3.64. The molecule has 2 rings (SSSR count). The monoisotopic (exact) mass is 332 g/mol. The van der Waals surface area contributed by atoms with Crippen molar-refractivity contribution in [2.75, 3.05) is 20.3 Å². The molecule has 0 N–H and O–H groups in total. The Labute approximate surface area is 126 Å². The molecule has 6 nitrogen and oxygen atoms in total. The van der Waals surface area contributed by atoms with Crippen molar-refractivity contribution in [3.8, 4) is 5.75 Å². The van der Waals surface area contributed by atoms with E-state index < -0.39 is 20.6 Å². The molecule has 1 unspecified atom stereocenters.